The smallest absolute Gasteiger partial charge is 0.0543 e. The molecule has 0 spiro atoms. The average Bonchev–Trinajstić information content (AvgIpc) is 2.96. The van der Waals surface area contributed by atoms with Gasteiger partial charge in [-0.15, -0.1) is 11.3 Å². The fourth-order valence-corrected chi connectivity index (χ4v) is 3.32. The second-order valence-corrected chi connectivity index (χ2v) is 6.92. The van der Waals surface area contributed by atoms with E-state index in [-0.39, 0.29) is 6.10 Å². The third kappa shape index (κ3) is 9.55. The Hall–Kier alpha value is -0.340. The molecule has 20 heavy (non-hydrogen) atoms. The summed E-state index contributed by atoms with van der Waals surface area (Å²) in [6.45, 7) is 2.27. The number of aryl methyl sites for hydroxylation is 1. The molecule has 1 N–H and O–H groups in total. The van der Waals surface area contributed by atoms with Crippen LogP contribution in [-0.4, -0.2) is 11.2 Å². The van der Waals surface area contributed by atoms with Crippen molar-refractivity contribution in [1.29, 1.82) is 0 Å². The van der Waals surface area contributed by atoms with E-state index in [2.05, 4.69) is 24.4 Å². The maximum atomic E-state index is 9.95. The number of unbranched alkanes of at least 4 members (excludes halogenated alkanes) is 8. The lowest BCUT2D eigenvalue weighted by molar-refractivity contribution is 0.151. The van der Waals surface area contributed by atoms with Crippen LogP contribution in [0.25, 0.3) is 0 Å². The molecule has 0 bridgehead atoms. The number of hydrogen-bond acceptors (Lipinski definition) is 2. The van der Waals surface area contributed by atoms with E-state index in [4.69, 9.17) is 0 Å². The van der Waals surface area contributed by atoms with Gasteiger partial charge in [-0.1, -0.05) is 70.8 Å². The lowest BCUT2D eigenvalue weighted by Crippen LogP contribution is -2.07. The van der Waals surface area contributed by atoms with Gasteiger partial charge in [0.05, 0.1) is 6.10 Å². The highest BCUT2D eigenvalue weighted by molar-refractivity contribution is 7.09. The second kappa shape index (κ2) is 12.4. The summed E-state index contributed by atoms with van der Waals surface area (Å²) < 4.78 is 0. The largest absolute Gasteiger partial charge is 0.393 e. The van der Waals surface area contributed by atoms with Gasteiger partial charge in [-0.3, -0.25) is 0 Å². The molecule has 1 nitrogen and oxygen atoms in total. The number of aliphatic hydroxyl groups excluding tert-OH is 1. The number of hydrogen-bond donors (Lipinski definition) is 1. The predicted octanol–water partition coefficient (Wildman–Crippen LogP) is 5.96. The zero-order valence-corrected chi connectivity index (χ0v) is 14.0. The predicted molar refractivity (Wildman–Crippen MR) is 90.5 cm³/mol. The molecule has 116 valence electrons. The van der Waals surface area contributed by atoms with Crippen LogP contribution in [0.15, 0.2) is 17.5 Å². The first-order chi connectivity index (χ1) is 9.83. The van der Waals surface area contributed by atoms with Crippen LogP contribution in [0.1, 0.15) is 82.4 Å². The van der Waals surface area contributed by atoms with Crippen LogP contribution in [0.5, 0.6) is 0 Å². The van der Waals surface area contributed by atoms with Crippen LogP contribution >= 0.6 is 11.3 Å². The van der Waals surface area contributed by atoms with Gasteiger partial charge in [0.25, 0.3) is 0 Å². The molecule has 0 aliphatic rings. The van der Waals surface area contributed by atoms with Crippen LogP contribution in [0.2, 0.25) is 0 Å². The molecule has 0 aliphatic carbocycles. The van der Waals surface area contributed by atoms with E-state index in [9.17, 15) is 5.11 Å². The van der Waals surface area contributed by atoms with Crippen LogP contribution in [0, 0.1) is 0 Å². The Bertz CT molecular complexity index is 294. The number of thiophene rings is 1. The maximum absolute atomic E-state index is 9.95. The zero-order valence-electron chi connectivity index (χ0n) is 13.2. The standard InChI is InChI=1S/C18H32OS/c1-2-3-4-5-6-7-8-9-10-12-17(19)14-15-18-13-11-16-20-18/h11,13,16-17,19H,2-10,12,14-15H2,1H3. The first-order valence-electron chi connectivity index (χ1n) is 8.53. The fraction of sp³-hybridized carbons (Fsp3) is 0.778. The molecular weight excluding hydrogens is 264 g/mol. The van der Waals surface area contributed by atoms with Crippen molar-refractivity contribution in [3.8, 4) is 0 Å². The fourth-order valence-electron chi connectivity index (χ4n) is 2.60. The van der Waals surface area contributed by atoms with Crippen molar-refractivity contribution in [3.05, 3.63) is 22.4 Å². The van der Waals surface area contributed by atoms with Gasteiger partial charge in [0.2, 0.25) is 0 Å². The molecule has 0 saturated carbocycles. The Kier molecular flexibility index (Phi) is 11.0. The minimum absolute atomic E-state index is 0.0957. The van der Waals surface area contributed by atoms with Crippen molar-refractivity contribution in [2.24, 2.45) is 0 Å². The van der Waals surface area contributed by atoms with Crippen LogP contribution < -0.4 is 0 Å². The van der Waals surface area contributed by atoms with Gasteiger partial charge in [-0.05, 0) is 30.7 Å². The lowest BCUT2D eigenvalue weighted by atomic mass is 10.0. The molecule has 1 rings (SSSR count). The van der Waals surface area contributed by atoms with Gasteiger partial charge in [-0.2, -0.15) is 0 Å². The minimum Gasteiger partial charge on any atom is -0.393 e. The molecule has 2 heteroatoms. The van der Waals surface area contributed by atoms with Gasteiger partial charge in [-0.25, -0.2) is 0 Å². The summed E-state index contributed by atoms with van der Waals surface area (Å²) in [6.07, 6.45) is 15.1. The van der Waals surface area contributed by atoms with E-state index in [1.165, 1.54) is 62.7 Å². The van der Waals surface area contributed by atoms with Gasteiger partial charge >= 0.3 is 0 Å². The Morgan fingerprint density at radius 1 is 0.950 bits per heavy atom. The molecule has 1 atom stereocenters. The SMILES string of the molecule is CCCCCCCCCCCC(O)CCc1cccs1. The molecule has 1 heterocycles. The Morgan fingerprint density at radius 2 is 1.60 bits per heavy atom. The van der Waals surface area contributed by atoms with E-state index in [1.54, 1.807) is 11.3 Å². The summed E-state index contributed by atoms with van der Waals surface area (Å²) in [5.41, 5.74) is 0. The summed E-state index contributed by atoms with van der Waals surface area (Å²) in [4.78, 5) is 1.40. The van der Waals surface area contributed by atoms with Crippen LogP contribution in [0.4, 0.5) is 0 Å². The molecule has 1 unspecified atom stereocenters. The first kappa shape index (κ1) is 17.7. The molecular formula is C18H32OS. The summed E-state index contributed by atoms with van der Waals surface area (Å²) >= 11 is 1.80. The quantitative estimate of drug-likeness (QED) is 0.445. The average molecular weight is 297 g/mol. The maximum Gasteiger partial charge on any atom is 0.0543 e. The summed E-state index contributed by atoms with van der Waals surface area (Å²) in [5, 5.41) is 12.1. The topological polar surface area (TPSA) is 20.2 Å². The Labute approximate surface area is 129 Å². The molecule has 1 aromatic heterocycles. The zero-order chi connectivity index (χ0) is 14.5. The monoisotopic (exact) mass is 296 g/mol. The van der Waals surface area contributed by atoms with Gasteiger partial charge < -0.3 is 5.11 Å². The van der Waals surface area contributed by atoms with Crippen molar-refractivity contribution in [3.63, 3.8) is 0 Å². The van der Waals surface area contributed by atoms with Crippen LogP contribution in [-0.2, 0) is 6.42 Å². The normalized spacial score (nSPS) is 12.7. The van der Waals surface area contributed by atoms with Crippen molar-refractivity contribution in [2.75, 3.05) is 0 Å². The highest BCUT2D eigenvalue weighted by atomic mass is 32.1. The third-order valence-corrected chi connectivity index (χ3v) is 4.88. The lowest BCUT2D eigenvalue weighted by Gasteiger charge is -2.09. The Morgan fingerprint density at radius 3 is 2.20 bits per heavy atom. The summed E-state index contributed by atoms with van der Waals surface area (Å²) in [7, 11) is 0. The van der Waals surface area contributed by atoms with Crippen LogP contribution in [0.3, 0.4) is 0 Å². The highest BCUT2D eigenvalue weighted by Gasteiger charge is 2.04. The molecule has 0 amide bonds. The number of aliphatic hydroxyl groups is 1. The van der Waals surface area contributed by atoms with E-state index in [0.717, 1.165) is 19.3 Å². The minimum atomic E-state index is -0.0957. The molecule has 0 radical (unpaired) electrons. The second-order valence-electron chi connectivity index (χ2n) is 5.89. The molecule has 0 aromatic carbocycles. The molecule has 0 fully saturated rings. The van der Waals surface area contributed by atoms with E-state index >= 15 is 0 Å². The van der Waals surface area contributed by atoms with E-state index < -0.39 is 0 Å². The van der Waals surface area contributed by atoms with Crippen molar-refractivity contribution >= 4 is 11.3 Å². The first-order valence-corrected chi connectivity index (χ1v) is 9.41. The van der Waals surface area contributed by atoms with Gasteiger partial charge in [0.15, 0.2) is 0 Å². The van der Waals surface area contributed by atoms with Crippen molar-refractivity contribution < 1.29 is 5.11 Å². The number of rotatable bonds is 13. The van der Waals surface area contributed by atoms with E-state index in [1.807, 2.05) is 0 Å². The highest BCUT2D eigenvalue weighted by Crippen LogP contribution is 2.15. The molecule has 0 saturated heterocycles. The summed E-state index contributed by atoms with van der Waals surface area (Å²) in [6, 6.07) is 4.25. The molecule has 1 aromatic rings. The third-order valence-electron chi connectivity index (χ3n) is 3.94. The van der Waals surface area contributed by atoms with Gasteiger partial charge in [0, 0.05) is 4.88 Å². The van der Waals surface area contributed by atoms with Crippen molar-refractivity contribution in [2.45, 2.75) is 90.1 Å². The van der Waals surface area contributed by atoms with Gasteiger partial charge in [0.1, 0.15) is 0 Å². The summed E-state index contributed by atoms with van der Waals surface area (Å²) in [5.74, 6) is 0. The van der Waals surface area contributed by atoms with Crippen molar-refractivity contribution in [1.82, 2.24) is 0 Å². The Balaban J connectivity index is 1.83. The van der Waals surface area contributed by atoms with E-state index in [0.29, 0.717) is 0 Å². The molecule has 0 aliphatic heterocycles.